The third-order valence-corrected chi connectivity index (χ3v) is 7.93. The molecule has 2 aliphatic rings. The maximum atomic E-state index is 14.1. The van der Waals surface area contributed by atoms with Gasteiger partial charge in [0, 0.05) is 36.5 Å². The van der Waals surface area contributed by atoms with Gasteiger partial charge in [0.2, 0.25) is 0 Å². The number of nitrogens with zero attached hydrogens (tertiary/aromatic N) is 4. The van der Waals surface area contributed by atoms with Gasteiger partial charge >= 0.3 is 5.97 Å². The van der Waals surface area contributed by atoms with E-state index in [4.69, 9.17) is 14.2 Å². The van der Waals surface area contributed by atoms with Crippen LogP contribution in [0.1, 0.15) is 44.9 Å². The van der Waals surface area contributed by atoms with Crippen LogP contribution >= 0.6 is 11.3 Å². The van der Waals surface area contributed by atoms with Crippen LogP contribution < -0.4 is 24.5 Å². The van der Waals surface area contributed by atoms with Gasteiger partial charge in [-0.05, 0) is 57.5 Å². The highest BCUT2D eigenvalue weighted by Crippen LogP contribution is 2.32. The number of ether oxygens (including phenoxy) is 3. The molecule has 0 amide bonds. The molecule has 1 fully saturated rings. The van der Waals surface area contributed by atoms with Crippen LogP contribution in [0.4, 0.5) is 11.4 Å². The number of rotatable bonds is 8. The van der Waals surface area contributed by atoms with Crippen LogP contribution in [0.3, 0.4) is 0 Å². The van der Waals surface area contributed by atoms with Crippen molar-refractivity contribution in [2.45, 2.75) is 39.8 Å². The van der Waals surface area contributed by atoms with Crippen molar-refractivity contribution in [1.29, 1.82) is 0 Å². The van der Waals surface area contributed by atoms with E-state index in [1.807, 2.05) is 26.0 Å². The van der Waals surface area contributed by atoms with Crippen LogP contribution in [0, 0.1) is 10.1 Å². The number of nitro benzene ring substituents is 1. The number of carbonyl (C=O) groups excluding carboxylic acids is 1. The summed E-state index contributed by atoms with van der Waals surface area (Å²) in [5.41, 5.74) is 2.31. The van der Waals surface area contributed by atoms with Crippen LogP contribution in [0.25, 0.3) is 6.08 Å². The van der Waals surface area contributed by atoms with Crippen LogP contribution in [0.2, 0.25) is 0 Å². The minimum absolute atomic E-state index is 0.0121. The number of anilines is 1. The summed E-state index contributed by atoms with van der Waals surface area (Å²) in [4.78, 5) is 45.5. The maximum Gasteiger partial charge on any atom is 0.338 e. The number of carbonyl (C=O) groups is 1. The first-order valence-corrected chi connectivity index (χ1v) is 14.6. The van der Waals surface area contributed by atoms with Gasteiger partial charge in [0.1, 0.15) is 5.75 Å². The number of morpholine rings is 1. The fourth-order valence-electron chi connectivity index (χ4n) is 5.11. The molecule has 11 nitrogen and oxygen atoms in total. The van der Waals surface area contributed by atoms with Crippen molar-refractivity contribution < 1.29 is 23.9 Å². The first kappa shape index (κ1) is 29.2. The van der Waals surface area contributed by atoms with Crippen molar-refractivity contribution in [1.82, 2.24) is 4.57 Å². The van der Waals surface area contributed by atoms with E-state index in [0.717, 1.165) is 5.69 Å². The Labute approximate surface area is 246 Å². The summed E-state index contributed by atoms with van der Waals surface area (Å²) in [5.74, 6) is 0.120. The molecule has 0 aliphatic carbocycles. The molecule has 1 saturated heterocycles. The van der Waals surface area contributed by atoms with E-state index in [1.54, 1.807) is 38.1 Å². The van der Waals surface area contributed by atoms with Gasteiger partial charge in [0.15, 0.2) is 4.80 Å². The molecule has 0 N–H and O–H groups in total. The van der Waals surface area contributed by atoms with Crippen LogP contribution in [0.15, 0.2) is 63.5 Å². The highest BCUT2D eigenvalue weighted by molar-refractivity contribution is 7.07. The van der Waals surface area contributed by atoms with Gasteiger partial charge in [0.25, 0.3) is 11.2 Å². The third kappa shape index (κ3) is 5.86. The number of non-ortho nitro benzene ring substituents is 1. The molecule has 220 valence electrons. The summed E-state index contributed by atoms with van der Waals surface area (Å²) in [7, 11) is 0. The van der Waals surface area contributed by atoms with Gasteiger partial charge in [-0.3, -0.25) is 19.5 Å². The SMILES string of the molecule is CCOC(=O)C1=C(C)N=c2s/c(=C\c3cc([N+](=O)[O-])ccc3N3CCOCC3)c(=O)n2[C@H]1c1ccc(OC(C)C)cc1. The summed E-state index contributed by atoms with van der Waals surface area (Å²) in [5, 5.41) is 11.6. The van der Waals surface area contributed by atoms with E-state index in [1.165, 1.54) is 28.0 Å². The normalized spacial score (nSPS) is 17.2. The molecular weight excluding hydrogens is 560 g/mol. The topological polar surface area (TPSA) is 126 Å². The standard InChI is InChI=1S/C30H32N4O7S/c1-5-40-29(36)26-19(4)31-30-33(27(26)20-6-9-23(10-7-20)41-18(2)3)28(35)25(42-30)17-21-16-22(34(37)38)8-11-24(21)32-12-14-39-15-13-32/h6-11,16-18,27H,5,12-15H2,1-4H3/b25-17-/t27-/m0/s1. The molecule has 0 spiro atoms. The Hall–Kier alpha value is -4.29. The van der Waals surface area contributed by atoms with Crippen molar-refractivity contribution in [3.63, 3.8) is 0 Å². The quantitative estimate of drug-likeness (QED) is 0.222. The van der Waals surface area contributed by atoms with Gasteiger partial charge in [-0.1, -0.05) is 23.5 Å². The van der Waals surface area contributed by atoms with E-state index >= 15 is 0 Å². The molecule has 2 aliphatic heterocycles. The van der Waals surface area contributed by atoms with Gasteiger partial charge in [-0.2, -0.15) is 0 Å². The van der Waals surface area contributed by atoms with Crippen molar-refractivity contribution >= 4 is 34.8 Å². The van der Waals surface area contributed by atoms with Gasteiger partial charge < -0.3 is 19.1 Å². The molecule has 5 rings (SSSR count). The van der Waals surface area contributed by atoms with E-state index in [-0.39, 0.29) is 29.5 Å². The number of nitro groups is 1. The second-order valence-corrected chi connectivity index (χ2v) is 11.1. The minimum Gasteiger partial charge on any atom is -0.491 e. The van der Waals surface area contributed by atoms with E-state index in [9.17, 15) is 19.7 Å². The zero-order valence-corrected chi connectivity index (χ0v) is 24.7. The van der Waals surface area contributed by atoms with Crippen molar-refractivity contribution in [3.05, 3.63) is 94.7 Å². The number of hydrogen-bond acceptors (Lipinski definition) is 10. The predicted molar refractivity (Wildman–Crippen MR) is 159 cm³/mol. The molecule has 2 aromatic carbocycles. The predicted octanol–water partition coefficient (Wildman–Crippen LogP) is 3.33. The largest absolute Gasteiger partial charge is 0.491 e. The number of fused-ring (bicyclic) bond motifs is 1. The first-order valence-electron chi connectivity index (χ1n) is 13.7. The number of esters is 1. The van der Waals surface area contributed by atoms with Crippen molar-refractivity contribution in [2.75, 3.05) is 37.8 Å². The Morgan fingerprint density at radius 1 is 1.21 bits per heavy atom. The molecule has 3 aromatic rings. The fourth-order valence-corrected chi connectivity index (χ4v) is 6.15. The smallest absolute Gasteiger partial charge is 0.338 e. The summed E-state index contributed by atoms with van der Waals surface area (Å²) in [6, 6.07) is 11.1. The number of aromatic nitrogens is 1. The number of thiazole rings is 1. The summed E-state index contributed by atoms with van der Waals surface area (Å²) in [6.07, 6.45) is 1.66. The number of hydrogen-bond donors (Lipinski definition) is 0. The molecule has 1 aromatic heterocycles. The summed E-state index contributed by atoms with van der Waals surface area (Å²) in [6.45, 7) is 9.81. The lowest BCUT2D eigenvalue weighted by atomic mass is 9.96. The second kappa shape index (κ2) is 12.3. The Morgan fingerprint density at radius 2 is 1.93 bits per heavy atom. The zero-order chi connectivity index (χ0) is 30.0. The lowest BCUT2D eigenvalue weighted by Crippen LogP contribution is -2.40. The number of benzene rings is 2. The highest BCUT2D eigenvalue weighted by Gasteiger charge is 2.33. The molecule has 12 heteroatoms. The lowest BCUT2D eigenvalue weighted by molar-refractivity contribution is -0.384. The Balaban J connectivity index is 1.68. The van der Waals surface area contributed by atoms with Crippen LogP contribution in [-0.4, -0.2) is 54.5 Å². The molecule has 42 heavy (non-hydrogen) atoms. The second-order valence-electron chi connectivity index (χ2n) is 10.1. The summed E-state index contributed by atoms with van der Waals surface area (Å²) >= 11 is 1.17. The Morgan fingerprint density at radius 3 is 2.57 bits per heavy atom. The highest BCUT2D eigenvalue weighted by atomic mass is 32.1. The maximum absolute atomic E-state index is 14.1. The number of allylic oxidation sites excluding steroid dienone is 1. The Kier molecular flexibility index (Phi) is 8.55. The minimum atomic E-state index is -0.778. The van der Waals surface area contributed by atoms with E-state index in [0.29, 0.717) is 58.2 Å². The van der Waals surface area contributed by atoms with Gasteiger partial charge in [0.05, 0.1) is 52.7 Å². The van der Waals surface area contributed by atoms with Gasteiger partial charge in [-0.15, -0.1) is 0 Å². The molecule has 0 bridgehead atoms. The molecule has 0 unspecified atom stereocenters. The average molecular weight is 593 g/mol. The van der Waals surface area contributed by atoms with E-state index in [2.05, 4.69) is 9.89 Å². The molecular formula is C30H32N4O7S. The molecule has 0 saturated carbocycles. The Bertz CT molecular complexity index is 1720. The molecule has 0 radical (unpaired) electrons. The zero-order valence-electron chi connectivity index (χ0n) is 23.9. The average Bonchev–Trinajstić information content (AvgIpc) is 3.26. The van der Waals surface area contributed by atoms with Gasteiger partial charge in [-0.25, -0.2) is 9.79 Å². The first-order chi connectivity index (χ1) is 20.2. The van der Waals surface area contributed by atoms with Crippen molar-refractivity contribution in [3.8, 4) is 5.75 Å². The summed E-state index contributed by atoms with van der Waals surface area (Å²) < 4.78 is 18.5. The monoisotopic (exact) mass is 592 g/mol. The lowest BCUT2D eigenvalue weighted by Gasteiger charge is -2.30. The van der Waals surface area contributed by atoms with Crippen LogP contribution in [-0.2, 0) is 14.3 Å². The van der Waals surface area contributed by atoms with Crippen molar-refractivity contribution in [2.24, 2.45) is 4.99 Å². The molecule has 3 heterocycles. The molecule has 1 atom stereocenters. The third-order valence-electron chi connectivity index (χ3n) is 6.94. The van der Waals surface area contributed by atoms with E-state index < -0.39 is 16.9 Å². The fraction of sp³-hybridized carbons (Fsp3) is 0.367. The van der Waals surface area contributed by atoms with Crippen LogP contribution in [0.5, 0.6) is 5.75 Å².